The van der Waals surface area contributed by atoms with Crippen molar-refractivity contribution < 1.29 is 19.3 Å². The number of nitrogens with zero attached hydrogens (tertiary/aromatic N) is 2. The minimum absolute atomic E-state index is 0.0650. The summed E-state index contributed by atoms with van der Waals surface area (Å²) in [5.41, 5.74) is 2.31. The van der Waals surface area contributed by atoms with Crippen molar-refractivity contribution in [1.29, 1.82) is 0 Å². The molecule has 120 valence electrons. The van der Waals surface area contributed by atoms with Gasteiger partial charge < -0.3 is 0 Å². The van der Waals surface area contributed by atoms with Crippen molar-refractivity contribution in [2.75, 3.05) is 0 Å². The molecule has 3 amide bonds. The molecule has 0 unspecified atom stereocenters. The van der Waals surface area contributed by atoms with Gasteiger partial charge in [-0.05, 0) is 30.3 Å². The lowest BCUT2D eigenvalue weighted by molar-refractivity contribution is -0.384. The number of benzene rings is 2. The van der Waals surface area contributed by atoms with Gasteiger partial charge in [-0.1, -0.05) is 11.6 Å². The van der Waals surface area contributed by atoms with Crippen LogP contribution < -0.4 is 5.43 Å². The molecule has 1 aliphatic rings. The first kappa shape index (κ1) is 15.6. The molecule has 0 fully saturated rings. The third kappa shape index (κ3) is 2.59. The predicted octanol–water partition coefficient (Wildman–Crippen LogP) is 2.19. The Bertz CT molecular complexity index is 894. The molecule has 24 heavy (non-hydrogen) atoms. The molecular formula is C15H8ClN3O5. The fraction of sp³-hybridized carbons (Fsp3) is 0. The Morgan fingerprint density at radius 1 is 1.04 bits per heavy atom. The van der Waals surface area contributed by atoms with Crippen molar-refractivity contribution in [3.63, 3.8) is 0 Å². The Morgan fingerprint density at radius 3 is 2.29 bits per heavy atom. The van der Waals surface area contributed by atoms with Crippen molar-refractivity contribution in [3.05, 3.63) is 74.3 Å². The van der Waals surface area contributed by atoms with E-state index in [1.807, 2.05) is 0 Å². The summed E-state index contributed by atoms with van der Waals surface area (Å²) in [5, 5.41) is 11.5. The summed E-state index contributed by atoms with van der Waals surface area (Å²) in [6, 6.07) is 8.96. The number of fused-ring (bicyclic) bond motifs is 1. The highest BCUT2D eigenvalue weighted by Gasteiger charge is 2.37. The predicted molar refractivity (Wildman–Crippen MR) is 82.5 cm³/mol. The van der Waals surface area contributed by atoms with E-state index in [2.05, 4.69) is 5.43 Å². The summed E-state index contributed by atoms with van der Waals surface area (Å²) in [7, 11) is 0. The number of nitrogens with one attached hydrogen (secondary N) is 1. The maximum Gasteiger partial charge on any atom is 0.280 e. The number of nitro benzene ring substituents is 1. The number of hydrazine groups is 1. The summed E-state index contributed by atoms with van der Waals surface area (Å²) in [6.45, 7) is 0. The van der Waals surface area contributed by atoms with E-state index in [9.17, 15) is 24.5 Å². The topological polar surface area (TPSA) is 110 Å². The molecular weight excluding hydrogens is 338 g/mol. The molecule has 0 atom stereocenters. The minimum atomic E-state index is -0.745. The molecule has 1 heterocycles. The third-order valence-electron chi connectivity index (χ3n) is 3.40. The van der Waals surface area contributed by atoms with Gasteiger partial charge in [0.1, 0.15) is 0 Å². The van der Waals surface area contributed by atoms with E-state index in [1.165, 1.54) is 30.3 Å². The van der Waals surface area contributed by atoms with Gasteiger partial charge in [0.05, 0.1) is 16.1 Å². The van der Waals surface area contributed by atoms with Crippen molar-refractivity contribution in [2.24, 2.45) is 0 Å². The van der Waals surface area contributed by atoms with Gasteiger partial charge in [0.15, 0.2) is 0 Å². The second-order valence-electron chi connectivity index (χ2n) is 4.88. The Hall–Kier alpha value is -3.26. The fourth-order valence-electron chi connectivity index (χ4n) is 2.22. The normalized spacial score (nSPS) is 13.0. The van der Waals surface area contributed by atoms with E-state index in [-0.39, 0.29) is 22.4 Å². The zero-order valence-corrected chi connectivity index (χ0v) is 12.6. The summed E-state index contributed by atoms with van der Waals surface area (Å²) >= 11 is 5.80. The zero-order valence-electron chi connectivity index (χ0n) is 11.9. The number of imide groups is 1. The molecule has 0 aliphatic carbocycles. The second kappa shape index (κ2) is 5.74. The number of carbonyl (C=O) groups is 3. The Balaban J connectivity index is 1.81. The molecule has 1 N–H and O–H groups in total. The van der Waals surface area contributed by atoms with E-state index in [0.29, 0.717) is 10.0 Å². The first-order chi connectivity index (χ1) is 11.4. The average molecular weight is 346 g/mol. The van der Waals surface area contributed by atoms with Crippen molar-refractivity contribution >= 4 is 35.0 Å². The number of hydrogen-bond acceptors (Lipinski definition) is 5. The van der Waals surface area contributed by atoms with E-state index in [1.54, 1.807) is 0 Å². The molecule has 0 saturated heterocycles. The number of halogens is 1. The van der Waals surface area contributed by atoms with Gasteiger partial charge in [-0.25, -0.2) is 0 Å². The molecule has 0 aromatic heterocycles. The molecule has 8 nitrogen and oxygen atoms in total. The smallest absolute Gasteiger partial charge is 0.267 e. The van der Waals surface area contributed by atoms with Crippen molar-refractivity contribution in [1.82, 2.24) is 10.4 Å². The van der Waals surface area contributed by atoms with E-state index in [4.69, 9.17) is 11.6 Å². The highest BCUT2D eigenvalue weighted by molar-refractivity contribution is 6.32. The highest BCUT2D eigenvalue weighted by Crippen LogP contribution is 2.24. The van der Waals surface area contributed by atoms with Crippen LogP contribution in [0, 0.1) is 10.1 Å². The van der Waals surface area contributed by atoms with Crippen LogP contribution in [0.4, 0.5) is 5.69 Å². The van der Waals surface area contributed by atoms with Gasteiger partial charge in [0.2, 0.25) is 0 Å². The maximum atomic E-state index is 12.2. The summed E-state index contributed by atoms with van der Waals surface area (Å²) < 4.78 is 0. The van der Waals surface area contributed by atoms with Crippen LogP contribution in [-0.4, -0.2) is 27.7 Å². The number of nitro groups is 1. The van der Waals surface area contributed by atoms with E-state index in [0.717, 1.165) is 12.1 Å². The van der Waals surface area contributed by atoms with Gasteiger partial charge in [-0.15, -0.1) is 0 Å². The number of amides is 3. The number of hydrogen-bond donors (Lipinski definition) is 1. The molecule has 0 radical (unpaired) electrons. The summed E-state index contributed by atoms with van der Waals surface area (Å²) in [4.78, 5) is 46.5. The monoisotopic (exact) mass is 345 g/mol. The first-order valence-corrected chi connectivity index (χ1v) is 7.00. The SMILES string of the molecule is O=C(NN1C(=O)c2ccc(Cl)cc2C1=O)c1ccc([N+](=O)[O-])cc1. The van der Waals surface area contributed by atoms with E-state index >= 15 is 0 Å². The van der Waals surface area contributed by atoms with Gasteiger partial charge in [0.25, 0.3) is 23.4 Å². The maximum absolute atomic E-state index is 12.2. The van der Waals surface area contributed by atoms with Gasteiger partial charge in [-0.2, -0.15) is 5.01 Å². The summed E-state index contributed by atoms with van der Waals surface area (Å²) in [6.07, 6.45) is 0. The Kier molecular flexibility index (Phi) is 3.74. The van der Waals surface area contributed by atoms with Gasteiger partial charge in [-0.3, -0.25) is 29.9 Å². The van der Waals surface area contributed by atoms with Crippen LogP contribution in [-0.2, 0) is 0 Å². The lowest BCUT2D eigenvalue weighted by Crippen LogP contribution is -2.45. The average Bonchev–Trinajstić information content (AvgIpc) is 2.79. The Morgan fingerprint density at radius 2 is 1.67 bits per heavy atom. The quantitative estimate of drug-likeness (QED) is 0.521. The molecule has 2 aromatic carbocycles. The number of non-ortho nitro benzene ring substituents is 1. The van der Waals surface area contributed by atoms with E-state index < -0.39 is 22.6 Å². The van der Waals surface area contributed by atoms with Crippen LogP contribution in [0.2, 0.25) is 5.02 Å². The zero-order chi connectivity index (χ0) is 17.4. The first-order valence-electron chi connectivity index (χ1n) is 6.62. The number of rotatable bonds is 3. The third-order valence-corrected chi connectivity index (χ3v) is 3.64. The van der Waals surface area contributed by atoms with Crippen LogP contribution in [0.15, 0.2) is 42.5 Å². The second-order valence-corrected chi connectivity index (χ2v) is 5.32. The highest BCUT2D eigenvalue weighted by atomic mass is 35.5. The molecule has 1 aliphatic heterocycles. The Labute approximate surface area is 139 Å². The lowest BCUT2D eigenvalue weighted by atomic mass is 10.1. The van der Waals surface area contributed by atoms with Gasteiger partial charge in [0, 0.05) is 22.7 Å². The van der Waals surface area contributed by atoms with Gasteiger partial charge >= 0.3 is 0 Å². The molecule has 2 aromatic rings. The van der Waals surface area contributed by atoms with Crippen LogP contribution in [0.1, 0.15) is 31.1 Å². The molecule has 3 rings (SSSR count). The standard InChI is InChI=1S/C15H8ClN3O5/c16-9-3-6-11-12(7-9)15(22)18(14(11)21)17-13(20)8-1-4-10(5-2-8)19(23)24/h1-7H,(H,17,20). The molecule has 0 spiro atoms. The molecule has 9 heteroatoms. The minimum Gasteiger partial charge on any atom is -0.267 e. The van der Waals surface area contributed by atoms with Crippen LogP contribution >= 0.6 is 11.6 Å². The number of carbonyl (C=O) groups excluding carboxylic acids is 3. The van der Waals surface area contributed by atoms with Crippen LogP contribution in [0.5, 0.6) is 0 Å². The van der Waals surface area contributed by atoms with Crippen LogP contribution in [0.3, 0.4) is 0 Å². The fourth-order valence-corrected chi connectivity index (χ4v) is 2.39. The van der Waals surface area contributed by atoms with Crippen LogP contribution in [0.25, 0.3) is 0 Å². The van der Waals surface area contributed by atoms with Crippen molar-refractivity contribution in [2.45, 2.75) is 0 Å². The van der Waals surface area contributed by atoms with Crippen molar-refractivity contribution in [3.8, 4) is 0 Å². The molecule has 0 bridgehead atoms. The largest absolute Gasteiger partial charge is 0.280 e. The lowest BCUT2D eigenvalue weighted by Gasteiger charge is -2.14. The summed E-state index contributed by atoms with van der Waals surface area (Å²) in [5.74, 6) is -2.12. The molecule has 0 saturated carbocycles.